The standard InChI is InChI=1S/C16H17F4N3O/c1-10-14(17)15(11-6-8-21-9-7-11)22-23(10)12-2-4-13(5-3-12)24-16(18,19)20/h2-5,11,21H,6-9H2,1H3. The first kappa shape index (κ1) is 16.8. The van der Waals surface area contributed by atoms with Crippen LogP contribution in [0, 0.1) is 12.7 Å². The Kier molecular flexibility index (Phi) is 4.49. The summed E-state index contributed by atoms with van der Waals surface area (Å²) in [6.45, 7) is 3.24. The Hall–Kier alpha value is -2.09. The van der Waals surface area contributed by atoms with Gasteiger partial charge in [0.1, 0.15) is 11.4 Å². The summed E-state index contributed by atoms with van der Waals surface area (Å²) in [6, 6.07) is 5.22. The smallest absolute Gasteiger partial charge is 0.406 e. The normalized spacial score (nSPS) is 16.4. The van der Waals surface area contributed by atoms with E-state index >= 15 is 0 Å². The van der Waals surface area contributed by atoms with E-state index in [0.717, 1.165) is 25.9 Å². The van der Waals surface area contributed by atoms with E-state index in [0.29, 0.717) is 17.1 Å². The zero-order valence-corrected chi connectivity index (χ0v) is 13.0. The number of aromatic nitrogens is 2. The van der Waals surface area contributed by atoms with Crippen LogP contribution in [0.1, 0.15) is 30.1 Å². The fourth-order valence-corrected chi connectivity index (χ4v) is 2.90. The van der Waals surface area contributed by atoms with E-state index in [1.807, 2.05) is 0 Å². The monoisotopic (exact) mass is 343 g/mol. The van der Waals surface area contributed by atoms with Crippen molar-refractivity contribution >= 4 is 0 Å². The van der Waals surface area contributed by atoms with Gasteiger partial charge in [-0.3, -0.25) is 0 Å². The molecule has 1 aliphatic heterocycles. The first-order valence-electron chi connectivity index (χ1n) is 7.67. The number of hydrogen-bond acceptors (Lipinski definition) is 3. The van der Waals surface area contributed by atoms with Gasteiger partial charge in [-0.25, -0.2) is 9.07 Å². The largest absolute Gasteiger partial charge is 0.573 e. The van der Waals surface area contributed by atoms with Crippen LogP contribution < -0.4 is 10.1 Å². The quantitative estimate of drug-likeness (QED) is 0.864. The van der Waals surface area contributed by atoms with Crippen LogP contribution in [-0.2, 0) is 0 Å². The predicted molar refractivity (Wildman–Crippen MR) is 79.8 cm³/mol. The number of piperidine rings is 1. The molecule has 0 aliphatic carbocycles. The first-order valence-corrected chi connectivity index (χ1v) is 7.67. The summed E-state index contributed by atoms with van der Waals surface area (Å²) in [6.07, 6.45) is -3.12. The fraction of sp³-hybridized carbons (Fsp3) is 0.438. The van der Waals surface area contributed by atoms with Crippen molar-refractivity contribution in [2.24, 2.45) is 0 Å². The molecule has 1 aromatic heterocycles. The first-order chi connectivity index (χ1) is 11.3. The van der Waals surface area contributed by atoms with Gasteiger partial charge in [0.25, 0.3) is 0 Å². The number of ether oxygens (including phenoxy) is 1. The molecule has 0 radical (unpaired) electrons. The number of rotatable bonds is 3. The lowest BCUT2D eigenvalue weighted by Crippen LogP contribution is -2.27. The van der Waals surface area contributed by atoms with Gasteiger partial charge in [0, 0.05) is 5.92 Å². The number of nitrogens with one attached hydrogen (secondary N) is 1. The SMILES string of the molecule is Cc1c(F)c(C2CCNCC2)nn1-c1ccc(OC(F)(F)F)cc1. The summed E-state index contributed by atoms with van der Waals surface area (Å²) in [7, 11) is 0. The second kappa shape index (κ2) is 6.43. The number of alkyl halides is 3. The summed E-state index contributed by atoms with van der Waals surface area (Å²) >= 11 is 0. The van der Waals surface area contributed by atoms with E-state index in [1.54, 1.807) is 6.92 Å². The van der Waals surface area contributed by atoms with Crippen molar-refractivity contribution < 1.29 is 22.3 Å². The Morgan fingerprint density at radius 2 is 1.79 bits per heavy atom. The van der Waals surface area contributed by atoms with Gasteiger partial charge in [0.2, 0.25) is 0 Å². The molecule has 2 heterocycles. The molecule has 0 unspecified atom stereocenters. The van der Waals surface area contributed by atoms with Crippen LogP contribution in [0.3, 0.4) is 0 Å². The van der Waals surface area contributed by atoms with Crippen molar-refractivity contribution in [3.05, 3.63) is 41.5 Å². The Bertz CT molecular complexity index is 703. The van der Waals surface area contributed by atoms with Crippen molar-refractivity contribution in [1.29, 1.82) is 0 Å². The topological polar surface area (TPSA) is 39.1 Å². The van der Waals surface area contributed by atoms with Crippen molar-refractivity contribution in [3.63, 3.8) is 0 Å². The number of hydrogen-bond donors (Lipinski definition) is 1. The highest BCUT2D eigenvalue weighted by Gasteiger charge is 2.31. The molecular formula is C16H17F4N3O. The molecule has 1 saturated heterocycles. The van der Waals surface area contributed by atoms with E-state index in [1.165, 1.54) is 28.9 Å². The zero-order valence-electron chi connectivity index (χ0n) is 13.0. The van der Waals surface area contributed by atoms with Gasteiger partial charge in [-0.2, -0.15) is 5.10 Å². The molecule has 1 aliphatic rings. The average Bonchev–Trinajstić information content (AvgIpc) is 2.84. The molecule has 1 N–H and O–H groups in total. The summed E-state index contributed by atoms with van der Waals surface area (Å²) in [4.78, 5) is 0. The van der Waals surface area contributed by atoms with Gasteiger partial charge in [0.15, 0.2) is 5.82 Å². The van der Waals surface area contributed by atoms with Crippen molar-refractivity contribution in [1.82, 2.24) is 15.1 Å². The summed E-state index contributed by atoms with van der Waals surface area (Å²) in [5, 5.41) is 7.58. The molecule has 2 aromatic rings. The van der Waals surface area contributed by atoms with Crippen LogP contribution in [0.2, 0.25) is 0 Å². The van der Waals surface area contributed by atoms with E-state index in [-0.39, 0.29) is 17.5 Å². The molecule has 0 saturated carbocycles. The molecule has 3 rings (SSSR count). The average molecular weight is 343 g/mol. The highest BCUT2D eigenvalue weighted by Crippen LogP contribution is 2.30. The predicted octanol–water partition coefficient (Wildman–Crippen LogP) is 3.69. The second-order valence-electron chi connectivity index (χ2n) is 5.76. The van der Waals surface area contributed by atoms with Gasteiger partial charge < -0.3 is 10.1 Å². The molecule has 0 spiro atoms. The highest BCUT2D eigenvalue weighted by molar-refractivity contribution is 5.39. The molecule has 8 heteroatoms. The third-order valence-corrected chi connectivity index (χ3v) is 4.11. The van der Waals surface area contributed by atoms with Gasteiger partial charge in [-0.15, -0.1) is 13.2 Å². The lowest BCUT2D eigenvalue weighted by molar-refractivity contribution is -0.274. The van der Waals surface area contributed by atoms with Gasteiger partial charge >= 0.3 is 6.36 Å². The Morgan fingerprint density at radius 3 is 2.38 bits per heavy atom. The molecular weight excluding hydrogens is 326 g/mol. The third-order valence-electron chi connectivity index (χ3n) is 4.11. The molecule has 1 fully saturated rings. The van der Waals surface area contributed by atoms with Crippen LogP contribution in [0.5, 0.6) is 5.75 Å². The maximum atomic E-state index is 14.5. The minimum absolute atomic E-state index is 0.0547. The minimum Gasteiger partial charge on any atom is -0.406 e. The van der Waals surface area contributed by atoms with Crippen LogP contribution in [0.15, 0.2) is 24.3 Å². The van der Waals surface area contributed by atoms with Crippen molar-refractivity contribution in [2.45, 2.75) is 32.0 Å². The molecule has 0 amide bonds. The number of benzene rings is 1. The maximum Gasteiger partial charge on any atom is 0.573 e. The van der Waals surface area contributed by atoms with Crippen molar-refractivity contribution in [2.75, 3.05) is 13.1 Å². The van der Waals surface area contributed by atoms with Gasteiger partial charge in [0.05, 0.1) is 11.4 Å². The molecule has 0 atom stereocenters. The summed E-state index contributed by atoms with van der Waals surface area (Å²) in [5.74, 6) is -0.619. The fourth-order valence-electron chi connectivity index (χ4n) is 2.90. The van der Waals surface area contributed by atoms with Crippen molar-refractivity contribution in [3.8, 4) is 11.4 Å². The van der Waals surface area contributed by atoms with E-state index in [4.69, 9.17) is 0 Å². The minimum atomic E-state index is -4.74. The number of halogens is 4. The number of nitrogens with zero attached hydrogens (tertiary/aromatic N) is 2. The molecule has 1 aromatic carbocycles. The van der Waals surface area contributed by atoms with Crippen LogP contribution in [0.4, 0.5) is 17.6 Å². The Labute approximate surface area is 136 Å². The maximum absolute atomic E-state index is 14.5. The second-order valence-corrected chi connectivity index (χ2v) is 5.76. The Morgan fingerprint density at radius 1 is 1.17 bits per heavy atom. The summed E-state index contributed by atoms with van der Waals surface area (Å²) < 4.78 is 56.4. The van der Waals surface area contributed by atoms with Gasteiger partial charge in [-0.1, -0.05) is 0 Å². The van der Waals surface area contributed by atoms with E-state index < -0.39 is 6.36 Å². The lowest BCUT2D eigenvalue weighted by atomic mass is 9.94. The van der Waals surface area contributed by atoms with Gasteiger partial charge in [-0.05, 0) is 57.1 Å². The highest BCUT2D eigenvalue weighted by atomic mass is 19.4. The van der Waals surface area contributed by atoms with Crippen LogP contribution in [0.25, 0.3) is 5.69 Å². The molecule has 0 bridgehead atoms. The zero-order chi connectivity index (χ0) is 17.3. The lowest BCUT2D eigenvalue weighted by Gasteiger charge is -2.20. The Balaban J connectivity index is 1.86. The molecule has 130 valence electrons. The molecule has 24 heavy (non-hydrogen) atoms. The van der Waals surface area contributed by atoms with Crippen LogP contribution >= 0.6 is 0 Å². The van der Waals surface area contributed by atoms with E-state index in [2.05, 4.69) is 15.2 Å². The third kappa shape index (κ3) is 3.53. The molecule has 4 nitrogen and oxygen atoms in total. The van der Waals surface area contributed by atoms with Crippen LogP contribution in [-0.4, -0.2) is 29.2 Å². The summed E-state index contributed by atoms with van der Waals surface area (Å²) in [5.41, 5.74) is 1.25. The van der Waals surface area contributed by atoms with E-state index in [9.17, 15) is 17.6 Å².